The number of hydrogen-bond acceptors (Lipinski definition) is 7. The maximum absolute atomic E-state index is 11.5. The second kappa shape index (κ2) is 6.64. The van der Waals surface area contributed by atoms with Gasteiger partial charge in [-0.05, 0) is 13.8 Å². The molecule has 0 aromatic heterocycles. The standard InChI is InChI=1S/C12H15N3O6/c1-4-13(5-2)11-9(14(17)18)6-8(12(16)21-3)7-10(11)15(19)20/h6-7H,4-5H2,1-3H3. The van der Waals surface area contributed by atoms with Crippen molar-refractivity contribution in [3.05, 3.63) is 37.9 Å². The molecular weight excluding hydrogens is 282 g/mol. The highest BCUT2D eigenvalue weighted by Gasteiger charge is 2.31. The van der Waals surface area contributed by atoms with Crippen LogP contribution in [0.2, 0.25) is 0 Å². The van der Waals surface area contributed by atoms with Crippen molar-refractivity contribution in [2.45, 2.75) is 13.8 Å². The zero-order valence-corrected chi connectivity index (χ0v) is 11.9. The van der Waals surface area contributed by atoms with Crippen LogP contribution in [0.4, 0.5) is 17.1 Å². The zero-order valence-electron chi connectivity index (χ0n) is 11.9. The topological polar surface area (TPSA) is 116 Å². The van der Waals surface area contributed by atoms with Crippen LogP contribution in [0.15, 0.2) is 12.1 Å². The van der Waals surface area contributed by atoms with E-state index < -0.39 is 27.2 Å². The Morgan fingerprint density at radius 2 is 1.57 bits per heavy atom. The second-order valence-electron chi connectivity index (χ2n) is 4.04. The number of nitro benzene ring substituents is 2. The van der Waals surface area contributed by atoms with Crippen LogP contribution in [0.5, 0.6) is 0 Å². The Morgan fingerprint density at radius 1 is 1.14 bits per heavy atom. The third-order valence-corrected chi connectivity index (χ3v) is 2.96. The lowest BCUT2D eigenvalue weighted by Crippen LogP contribution is -2.24. The van der Waals surface area contributed by atoms with Crippen LogP contribution < -0.4 is 4.90 Å². The molecule has 0 saturated heterocycles. The minimum Gasteiger partial charge on any atom is -0.465 e. The lowest BCUT2D eigenvalue weighted by molar-refractivity contribution is -0.392. The number of nitro groups is 2. The van der Waals surface area contributed by atoms with Crippen molar-refractivity contribution in [2.75, 3.05) is 25.1 Å². The molecule has 0 fully saturated rings. The molecule has 0 unspecified atom stereocenters. The fourth-order valence-corrected chi connectivity index (χ4v) is 1.98. The van der Waals surface area contributed by atoms with E-state index in [2.05, 4.69) is 4.74 Å². The molecule has 0 N–H and O–H groups in total. The van der Waals surface area contributed by atoms with Gasteiger partial charge in [-0.25, -0.2) is 4.79 Å². The van der Waals surface area contributed by atoms with E-state index in [-0.39, 0.29) is 11.3 Å². The summed E-state index contributed by atoms with van der Waals surface area (Å²) in [5.41, 5.74) is -1.32. The fraction of sp³-hybridized carbons (Fsp3) is 0.417. The van der Waals surface area contributed by atoms with E-state index in [1.54, 1.807) is 13.8 Å². The van der Waals surface area contributed by atoms with Crippen molar-refractivity contribution in [2.24, 2.45) is 0 Å². The van der Waals surface area contributed by atoms with Crippen LogP contribution in [0, 0.1) is 20.2 Å². The number of anilines is 1. The van der Waals surface area contributed by atoms with Gasteiger partial charge in [-0.15, -0.1) is 0 Å². The fourth-order valence-electron chi connectivity index (χ4n) is 1.98. The third-order valence-electron chi connectivity index (χ3n) is 2.96. The predicted octanol–water partition coefficient (Wildman–Crippen LogP) is 2.14. The summed E-state index contributed by atoms with van der Waals surface area (Å²) in [5, 5.41) is 22.4. The maximum Gasteiger partial charge on any atom is 0.338 e. The summed E-state index contributed by atoms with van der Waals surface area (Å²) in [6.45, 7) is 4.17. The van der Waals surface area contributed by atoms with Gasteiger partial charge in [0.2, 0.25) is 0 Å². The summed E-state index contributed by atoms with van der Waals surface area (Å²) in [4.78, 5) is 33.9. The number of methoxy groups -OCH3 is 1. The van der Waals surface area contributed by atoms with Crippen LogP contribution in [-0.4, -0.2) is 36.0 Å². The maximum atomic E-state index is 11.5. The molecule has 114 valence electrons. The minimum absolute atomic E-state index is 0.109. The van der Waals surface area contributed by atoms with Crippen molar-refractivity contribution in [3.8, 4) is 0 Å². The first-order chi connectivity index (χ1) is 9.87. The highest BCUT2D eigenvalue weighted by molar-refractivity contribution is 5.94. The van der Waals surface area contributed by atoms with Crippen LogP contribution >= 0.6 is 0 Å². The number of nitrogens with zero attached hydrogens (tertiary/aromatic N) is 3. The average Bonchev–Trinajstić information content (AvgIpc) is 2.46. The van der Waals surface area contributed by atoms with Crippen molar-refractivity contribution in [1.82, 2.24) is 0 Å². The molecule has 9 nitrogen and oxygen atoms in total. The first-order valence-electron chi connectivity index (χ1n) is 6.17. The smallest absolute Gasteiger partial charge is 0.338 e. The summed E-state index contributed by atoms with van der Waals surface area (Å²) in [6, 6.07) is 1.99. The lowest BCUT2D eigenvalue weighted by Gasteiger charge is -2.20. The highest BCUT2D eigenvalue weighted by Crippen LogP contribution is 2.38. The molecule has 9 heteroatoms. The van der Waals surface area contributed by atoms with E-state index in [0.717, 1.165) is 19.2 Å². The Morgan fingerprint density at radius 3 is 1.86 bits per heavy atom. The molecule has 1 aromatic carbocycles. The van der Waals surface area contributed by atoms with Gasteiger partial charge in [0, 0.05) is 25.2 Å². The molecule has 0 amide bonds. The Hall–Kier alpha value is -2.71. The van der Waals surface area contributed by atoms with Crippen LogP contribution in [0.3, 0.4) is 0 Å². The molecule has 0 atom stereocenters. The molecule has 0 heterocycles. The first kappa shape index (κ1) is 16.3. The molecule has 0 aliphatic carbocycles. The molecule has 0 aliphatic rings. The molecule has 1 rings (SSSR count). The Bertz CT molecular complexity index is 547. The minimum atomic E-state index is -0.868. The van der Waals surface area contributed by atoms with Gasteiger partial charge in [-0.3, -0.25) is 20.2 Å². The van der Waals surface area contributed by atoms with Gasteiger partial charge in [0.1, 0.15) is 0 Å². The number of benzene rings is 1. The molecule has 1 aromatic rings. The molecule has 0 aliphatic heterocycles. The van der Waals surface area contributed by atoms with E-state index >= 15 is 0 Å². The molecular formula is C12H15N3O6. The summed E-state index contributed by atoms with van der Waals surface area (Å²) in [5.74, 6) is -0.868. The number of esters is 1. The van der Waals surface area contributed by atoms with Crippen molar-refractivity contribution < 1.29 is 19.4 Å². The van der Waals surface area contributed by atoms with Gasteiger partial charge in [-0.2, -0.15) is 0 Å². The van der Waals surface area contributed by atoms with Crippen LogP contribution in [0.25, 0.3) is 0 Å². The van der Waals surface area contributed by atoms with Gasteiger partial charge in [0.05, 0.1) is 22.5 Å². The molecule has 0 spiro atoms. The Balaban J connectivity index is 3.70. The largest absolute Gasteiger partial charge is 0.465 e. The quantitative estimate of drug-likeness (QED) is 0.448. The molecule has 0 bridgehead atoms. The summed E-state index contributed by atoms with van der Waals surface area (Å²) in [6.07, 6.45) is 0. The summed E-state index contributed by atoms with van der Waals surface area (Å²) in [7, 11) is 1.10. The van der Waals surface area contributed by atoms with Gasteiger partial charge in [0.15, 0.2) is 5.69 Å². The van der Waals surface area contributed by atoms with Crippen molar-refractivity contribution in [3.63, 3.8) is 0 Å². The Kier molecular flexibility index (Phi) is 5.17. The van der Waals surface area contributed by atoms with E-state index in [4.69, 9.17) is 0 Å². The van der Waals surface area contributed by atoms with E-state index in [1.807, 2.05) is 0 Å². The average molecular weight is 297 g/mol. The Labute approximate surface area is 120 Å². The number of ether oxygens (including phenoxy) is 1. The lowest BCUT2D eigenvalue weighted by atomic mass is 10.1. The van der Waals surface area contributed by atoms with E-state index in [9.17, 15) is 25.0 Å². The second-order valence-corrected chi connectivity index (χ2v) is 4.04. The summed E-state index contributed by atoms with van der Waals surface area (Å²) < 4.78 is 4.46. The van der Waals surface area contributed by atoms with Crippen LogP contribution in [-0.2, 0) is 4.74 Å². The van der Waals surface area contributed by atoms with Gasteiger partial charge in [-0.1, -0.05) is 0 Å². The normalized spacial score (nSPS) is 10.0. The third kappa shape index (κ3) is 3.25. The number of carbonyl (C=O) groups is 1. The number of rotatable bonds is 6. The first-order valence-corrected chi connectivity index (χ1v) is 6.17. The van der Waals surface area contributed by atoms with Crippen molar-refractivity contribution >= 4 is 23.0 Å². The highest BCUT2D eigenvalue weighted by atomic mass is 16.6. The molecule has 0 radical (unpaired) electrons. The molecule has 0 saturated carbocycles. The van der Waals surface area contributed by atoms with Gasteiger partial charge < -0.3 is 9.64 Å². The zero-order chi connectivity index (χ0) is 16.2. The monoisotopic (exact) mass is 297 g/mol. The van der Waals surface area contributed by atoms with Gasteiger partial charge in [0.25, 0.3) is 0 Å². The SMILES string of the molecule is CCN(CC)c1c([N+](=O)[O-])cc(C(=O)OC)cc1[N+](=O)[O-]. The van der Waals surface area contributed by atoms with E-state index in [0.29, 0.717) is 13.1 Å². The molecule has 21 heavy (non-hydrogen) atoms. The van der Waals surface area contributed by atoms with E-state index in [1.165, 1.54) is 4.90 Å². The number of hydrogen-bond donors (Lipinski definition) is 0. The van der Waals surface area contributed by atoms with Crippen LogP contribution in [0.1, 0.15) is 24.2 Å². The summed E-state index contributed by atoms with van der Waals surface area (Å²) >= 11 is 0. The predicted molar refractivity (Wildman–Crippen MR) is 74.7 cm³/mol. The van der Waals surface area contributed by atoms with Crippen molar-refractivity contribution in [1.29, 1.82) is 0 Å². The van der Waals surface area contributed by atoms with Gasteiger partial charge >= 0.3 is 17.3 Å². The number of carbonyl (C=O) groups excluding carboxylic acids is 1.